The number of aryl methyl sites for hydroxylation is 1. The quantitative estimate of drug-likeness (QED) is 0.435. The predicted octanol–water partition coefficient (Wildman–Crippen LogP) is 2.61. The molecular formula is C12H12O2S. The normalized spacial score (nSPS) is 8.93. The maximum atomic E-state index is 10.9. The van der Waals surface area contributed by atoms with E-state index in [1.165, 1.54) is 17.3 Å². The van der Waals surface area contributed by atoms with Crippen LogP contribution >= 0.6 is 11.8 Å². The molecule has 0 atom stereocenters. The number of thioether (sulfide) groups is 1. The lowest BCUT2D eigenvalue weighted by Crippen LogP contribution is -1.98. The largest absolute Gasteiger partial charge is 0.456 e. The molecule has 78 valence electrons. The lowest BCUT2D eigenvalue weighted by atomic mass is 10.2. The van der Waals surface area contributed by atoms with Crippen molar-refractivity contribution in [2.45, 2.75) is 18.7 Å². The molecule has 0 N–H and O–H groups in total. The highest BCUT2D eigenvalue weighted by molar-refractivity contribution is 8.04. The fourth-order valence-corrected chi connectivity index (χ4v) is 1.42. The van der Waals surface area contributed by atoms with E-state index in [0.717, 1.165) is 4.90 Å². The third kappa shape index (κ3) is 4.57. The summed E-state index contributed by atoms with van der Waals surface area (Å²) in [7, 11) is 0. The molecule has 0 unspecified atom stereocenters. The van der Waals surface area contributed by atoms with Gasteiger partial charge in [0.25, 0.3) is 0 Å². The zero-order chi connectivity index (χ0) is 11.1. The monoisotopic (exact) mass is 220 g/mol. The summed E-state index contributed by atoms with van der Waals surface area (Å²) in [5, 5.41) is 2.70. The van der Waals surface area contributed by atoms with E-state index in [9.17, 15) is 4.79 Å². The molecule has 0 fully saturated rings. The molecule has 15 heavy (non-hydrogen) atoms. The van der Waals surface area contributed by atoms with Gasteiger partial charge in [-0.2, -0.15) is 0 Å². The van der Waals surface area contributed by atoms with Gasteiger partial charge >= 0.3 is 5.97 Å². The van der Waals surface area contributed by atoms with Gasteiger partial charge in [-0.05, 0) is 43.0 Å². The molecule has 3 heteroatoms. The van der Waals surface area contributed by atoms with Crippen molar-refractivity contribution in [1.29, 1.82) is 0 Å². The zero-order valence-electron chi connectivity index (χ0n) is 8.74. The van der Waals surface area contributed by atoms with E-state index in [1.807, 2.05) is 31.2 Å². The Balaban J connectivity index is 2.49. The first-order valence-electron chi connectivity index (χ1n) is 4.63. The smallest absolute Gasteiger partial charge is 0.385 e. The maximum absolute atomic E-state index is 10.9. The third-order valence-corrected chi connectivity index (χ3v) is 2.33. The lowest BCUT2D eigenvalue weighted by Gasteiger charge is -1.94. The first-order valence-corrected chi connectivity index (χ1v) is 5.45. The van der Waals surface area contributed by atoms with Crippen LogP contribution in [0.25, 0.3) is 0 Å². The Bertz CT molecular complexity index is 384. The Morgan fingerprint density at radius 2 is 2.07 bits per heavy atom. The molecule has 0 bridgehead atoms. The zero-order valence-corrected chi connectivity index (χ0v) is 9.56. The van der Waals surface area contributed by atoms with Crippen molar-refractivity contribution in [2.24, 2.45) is 0 Å². The van der Waals surface area contributed by atoms with E-state index < -0.39 is 5.97 Å². The Labute approximate surface area is 94.0 Å². The number of rotatable bonds is 2. The average molecular weight is 220 g/mol. The number of benzene rings is 1. The molecule has 0 aliphatic carbocycles. The second kappa shape index (κ2) is 6.15. The van der Waals surface area contributed by atoms with Crippen molar-refractivity contribution in [3.05, 3.63) is 29.8 Å². The summed E-state index contributed by atoms with van der Waals surface area (Å²) in [6, 6.07) is 7.96. The highest BCUT2D eigenvalue weighted by atomic mass is 32.2. The molecule has 0 aliphatic heterocycles. The summed E-state index contributed by atoms with van der Waals surface area (Å²) >= 11 is 1.32. The first-order chi connectivity index (χ1) is 7.22. The van der Waals surface area contributed by atoms with E-state index in [-0.39, 0.29) is 0 Å². The van der Waals surface area contributed by atoms with Gasteiger partial charge < -0.3 is 4.74 Å². The molecule has 0 saturated heterocycles. The SMILES string of the molecule is CCOC(=O)C#CSc1ccc(C)cc1. The molecule has 0 aromatic heterocycles. The number of ether oxygens (including phenoxy) is 1. The second-order valence-electron chi connectivity index (χ2n) is 2.86. The number of hydrogen-bond acceptors (Lipinski definition) is 3. The summed E-state index contributed by atoms with van der Waals surface area (Å²) < 4.78 is 4.67. The van der Waals surface area contributed by atoms with Gasteiger partial charge in [-0.3, -0.25) is 0 Å². The van der Waals surface area contributed by atoms with Gasteiger partial charge in [0.2, 0.25) is 0 Å². The predicted molar refractivity (Wildman–Crippen MR) is 61.4 cm³/mol. The van der Waals surface area contributed by atoms with Crippen molar-refractivity contribution in [3.8, 4) is 11.2 Å². The van der Waals surface area contributed by atoms with E-state index in [2.05, 4.69) is 15.9 Å². The molecule has 1 rings (SSSR count). The highest BCUT2D eigenvalue weighted by Crippen LogP contribution is 2.16. The Hall–Kier alpha value is -1.40. The van der Waals surface area contributed by atoms with Crippen LogP contribution < -0.4 is 0 Å². The van der Waals surface area contributed by atoms with Crippen LogP contribution in [0.5, 0.6) is 0 Å². The highest BCUT2D eigenvalue weighted by Gasteiger charge is 1.93. The second-order valence-corrected chi connectivity index (χ2v) is 3.74. The minimum Gasteiger partial charge on any atom is -0.456 e. The van der Waals surface area contributed by atoms with Crippen LogP contribution in [0.3, 0.4) is 0 Å². The van der Waals surface area contributed by atoms with Gasteiger partial charge in [0.1, 0.15) is 0 Å². The van der Waals surface area contributed by atoms with Gasteiger partial charge in [-0.25, -0.2) is 4.79 Å². The maximum Gasteiger partial charge on any atom is 0.385 e. The van der Waals surface area contributed by atoms with E-state index in [1.54, 1.807) is 6.92 Å². The summed E-state index contributed by atoms with van der Waals surface area (Å²) in [6.45, 7) is 4.15. The van der Waals surface area contributed by atoms with Gasteiger partial charge in [0, 0.05) is 10.8 Å². The van der Waals surface area contributed by atoms with Crippen LogP contribution in [-0.4, -0.2) is 12.6 Å². The molecule has 0 spiro atoms. The summed E-state index contributed by atoms with van der Waals surface area (Å²) in [5.74, 6) is 1.92. The molecule has 0 amide bonds. The van der Waals surface area contributed by atoms with Crippen molar-refractivity contribution in [2.75, 3.05) is 6.61 Å². The van der Waals surface area contributed by atoms with Gasteiger partial charge in [0.05, 0.1) is 6.61 Å². The first kappa shape index (κ1) is 11.7. The minimum absolute atomic E-state index is 0.364. The standard InChI is InChI=1S/C12H12O2S/c1-3-14-12(13)8-9-15-11-6-4-10(2)5-7-11/h4-7H,3H2,1-2H3. The average Bonchev–Trinajstić information content (AvgIpc) is 2.21. The van der Waals surface area contributed by atoms with Crippen molar-refractivity contribution < 1.29 is 9.53 Å². The number of esters is 1. The number of carbonyl (C=O) groups excluding carboxylic acids is 1. The van der Waals surface area contributed by atoms with Crippen LogP contribution in [0.4, 0.5) is 0 Å². The third-order valence-electron chi connectivity index (χ3n) is 1.62. The molecule has 1 aromatic carbocycles. The molecule has 0 aliphatic rings. The van der Waals surface area contributed by atoms with E-state index in [0.29, 0.717) is 6.61 Å². The fourth-order valence-electron chi connectivity index (χ4n) is 0.900. The molecule has 0 saturated carbocycles. The molecule has 0 radical (unpaired) electrons. The van der Waals surface area contributed by atoms with E-state index in [4.69, 9.17) is 0 Å². The molecular weight excluding hydrogens is 208 g/mol. The topological polar surface area (TPSA) is 26.3 Å². The van der Waals surface area contributed by atoms with Crippen molar-refractivity contribution in [1.82, 2.24) is 0 Å². The molecule has 1 aromatic rings. The van der Waals surface area contributed by atoms with Crippen LogP contribution in [0.1, 0.15) is 12.5 Å². The summed E-state index contributed by atoms with van der Waals surface area (Å²) in [6.07, 6.45) is 0. The van der Waals surface area contributed by atoms with Crippen LogP contribution in [-0.2, 0) is 9.53 Å². The Morgan fingerprint density at radius 1 is 1.40 bits per heavy atom. The number of hydrogen-bond donors (Lipinski definition) is 0. The van der Waals surface area contributed by atoms with Crippen LogP contribution in [0.2, 0.25) is 0 Å². The summed E-state index contributed by atoms with van der Waals surface area (Å²) in [5.41, 5.74) is 1.21. The number of carbonyl (C=O) groups is 1. The van der Waals surface area contributed by atoms with Crippen LogP contribution in [0.15, 0.2) is 29.2 Å². The van der Waals surface area contributed by atoms with Gasteiger partial charge in [0.15, 0.2) is 0 Å². The van der Waals surface area contributed by atoms with Crippen LogP contribution in [0, 0.1) is 18.1 Å². The lowest BCUT2D eigenvalue weighted by molar-refractivity contribution is -0.136. The Morgan fingerprint density at radius 3 is 2.67 bits per heavy atom. The minimum atomic E-state index is -0.475. The molecule has 2 nitrogen and oxygen atoms in total. The summed E-state index contributed by atoms with van der Waals surface area (Å²) in [4.78, 5) is 11.9. The van der Waals surface area contributed by atoms with Gasteiger partial charge in [-0.15, -0.1) is 0 Å². The van der Waals surface area contributed by atoms with Crippen molar-refractivity contribution in [3.63, 3.8) is 0 Å². The van der Waals surface area contributed by atoms with Crippen molar-refractivity contribution >= 4 is 17.7 Å². The van der Waals surface area contributed by atoms with Gasteiger partial charge in [-0.1, -0.05) is 17.7 Å². The fraction of sp³-hybridized carbons (Fsp3) is 0.250. The Kier molecular flexibility index (Phi) is 4.79. The van der Waals surface area contributed by atoms with E-state index >= 15 is 0 Å². The molecule has 0 heterocycles.